The fraction of sp³-hybridized carbons (Fsp3) is 0.500. The fourth-order valence-corrected chi connectivity index (χ4v) is 5.85. The third-order valence-electron chi connectivity index (χ3n) is 8.09. The van der Waals surface area contributed by atoms with E-state index in [9.17, 15) is 9.59 Å². The number of benzene rings is 2. The van der Waals surface area contributed by atoms with E-state index in [2.05, 4.69) is 53.5 Å². The molecule has 0 spiro atoms. The van der Waals surface area contributed by atoms with Gasteiger partial charge in [-0.2, -0.15) is 4.63 Å². The number of halogens is 1. The molecule has 0 aliphatic rings. The lowest BCUT2D eigenvalue weighted by atomic mass is 9.92. The number of hydrogen-bond donors (Lipinski definition) is 3. The second-order valence-corrected chi connectivity index (χ2v) is 13.4. The number of rotatable bonds is 17. The zero-order valence-corrected chi connectivity index (χ0v) is 28.1. The third kappa shape index (κ3) is 9.92. The van der Waals surface area contributed by atoms with Gasteiger partial charge in [-0.15, -0.1) is 5.10 Å². The Morgan fingerprint density at radius 3 is 1.98 bits per heavy atom. The topological polar surface area (TPSA) is 104 Å². The molecule has 242 valence electrons. The van der Waals surface area contributed by atoms with E-state index in [4.69, 9.17) is 11.6 Å². The zero-order valence-electron chi connectivity index (χ0n) is 27.3. The van der Waals surface area contributed by atoms with Gasteiger partial charge in [0, 0.05) is 34.3 Å². The molecule has 9 heteroatoms. The molecule has 0 unspecified atom stereocenters. The summed E-state index contributed by atoms with van der Waals surface area (Å²) in [5, 5.41) is 14.3. The highest BCUT2D eigenvalue weighted by Crippen LogP contribution is 2.32. The molecule has 4 aromatic rings. The van der Waals surface area contributed by atoms with Gasteiger partial charge in [0.25, 0.3) is 11.8 Å². The predicted octanol–water partition coefficient (Wildman–Crippen LogP) is 9.36. The third-order valence-corrected chi connectivity index (χ3v) is 8.45. The first-order chi connectivity index (χ1) is 21.7. The van der Waals surface area contributed by atoms with E-state index in [0.29, 0.717) is 39.9 Å². The molecule has 0 bridgehead atoms. The summed E-state index contributed by atoms with van der Waals surface area (Å²) in [6.45, 7) is 9.14. The fourth-order valence-electron chi connectivity index (χ4n) is 5.40. The molecule has 0 aliphatic carbocycles. The van der Waals surface area contributed by atoms with E-state index < -0.39 is 0 Å². The average Bonchev–Trinajstić information content (AvgIpc) is 3.59. The molecular weight excluding hydrogens is 584 g/mol. The van der Waals surface area contributed by atoms with Crippen LogP contribution in [0.2, 0.25) is 5.02 Å². The first-order valence-corrected chi connectivity index (χ1v) is 17.0. The molecule has 0 atom stereocenters. The second-order valence-electron chi connectivity index (χ2n) is 13.0. The molecule has 4 rings (SSSR count). The molecule has 3 N–H and O–H groups in total. The Bertz CT molecular complexity index is 1530. The standard InChI is InChI=1S/C36H49ClN6O2/c1-5-6-7-8-9-10-11-12-13-14-15-16-24-38-34(44)26-20-22-27(23-21-26)35(45)39-29-19-17-18-28(25-29)32-40-33-30(37)31(36(2,3)4)41-43(33)42-32/h17-23,25,41H,5-16,24H2,1-4H3,(H,38,44)(H,39,45). The van der Waals surface area contributed by atoms with Gasteiger partial charge in [0.15, 0.2) is 11.5 Å². The molecule has 45 heavy (non-hydrogen) atoms. The summed E-state index contributed by atoms with van der Waals surface area (Å²) in [4.78, 5) is 30.2. The molecule has 0 saturated carbocycles. The Morgan fingerprint density at radius 2 is 1.40 bits per heavy atom. The molecule has 2 aromatic carbocycles. The monoisotopic (exact) mass is 632 g/mol. The summed E-state index contributed by atoms with van der Waals surface area (Å²) in [5.74, 6) is 0.119. The van der Waals surface area contributed by atoms with Gasteiger partial charge in [0.05, 0.1) is 5.69 Å². The van der Waals surface area contributed by atoms with Crippen LogP contribution in [0.15, 0.2) is 48.5 Å². The summed E-state index contributed by atoms with van der Waals surface area (Å²) in [6.07, 6.45) is 15.5. The average molecular weight is 633 g/mol. The highest BCUT2D eigenvalue weighted by atomic mass is 35.5. The van der Waals surface area contributed by atoms with Crippen molar-refractivity contribution in [2.75, 3.05) is 11.9 Å². The second kappa shape index (κ2) is 16.6. The summed E-state index contributed by atoms with van der Waals surface area (Å²) in [5.41, 5.74) is 3.63. The molecule has 8 nitrogen and oxygen atoms in total. The van der Waals surface area contributed by atoms with Gasteiger partial charge in [-0.1, -0.05) is 122 Å². The SMILES string of the molecule is CCCCCCCCCCCCCCNC(=O)c1ccc(C(=O)Nc2cccc(-c3nc4c(Cl)c(C(C)(C)C)[nH]n4n3)c2)cc1. The Hall–Kier alpha value is -3.65. The summed E-state index contributed by atoms with van der Waals surface area (Å²) >= 11 is 6.58. The number of unbranched alkanes of at least 4 members (excludes halogenated alkanes) is 11. The molecule has 2 aromatic heterocycles. The minimum Gasteiger partial charge on any atom is -0.352 e. The van der Waals surface area contributed by atoms with Crippen LogP contribution in [0.25, 0.3) is 17.0 Å². The largest absolute Gasteiger partial charge is 0.352 e. The number of nitrogens with zero attached hydrogens (tertiary/aromatic N) is 3. The van der Waals surface area contributed by atoms with Gasteiger partial charge in [0.1, 0.15) is 5.02 Å². The number of amides is 2. The van der Waals surface area contributed by atoms with Crippen molar-refractivity contribution in [1.29, 1.82) is 0 Å². The van der Waals surface area contributed by atoms with Crippen LogP contribution in [-0.2, 0) is 5.41 Å². The first-order valence-electron chi connectivity index (χ1n) is 16.6. The van der Waals surface area contributed by atoms with Crippen molar-refractivity contribution in [2.45, 2.75) is 110 Å². The highest BCUT2D eigenvalue weighted by molar-refractivity contribution is 6.34. The van der Waals surface area contributed by atoms with Crippen LogP contribution >= 0.6 is 11.6 Å². The number of nitrogens with one attached hydrogen (secondary N) is 3. The Morgan fingerprint density at radius 1 is 0.822 bits per heavy atom. The number of anilines is 1. The summed E-state index contributed by atoms with van der Waals surface area (Å²) in [6, 6.07) is 14.1. The highest BCUT2D eigenvalue weighted by Gasteiger charge is 2.24. The number of H-pyrrole nitrogens is 1. The van der Waals surface area contributed by atoms with E-state index in [1.54, 1.807) is 28.9 Å². The van der Waals surface area contributed by atoms with Crippen LogP contribution in [0.4, 0.5) is 5.69 Å². The van der Waals surface area contributed by atoms with Crippen LogP contribution in [0.5, 0.6) is 0 Å². The van der Waals surface area contributed by atoms with E-state index >= 15 is 0 Å². The Kier molecular flexibility index (Phi) is 12.6. The van der Waals surface area contributed by atoms with Crippen LogP contribution in [-0.4, -0.2) is 38.2 Å². The van der Waals surface area contributed by atoms with E-state index in [0.717, 1.165) is 24.1 Å². The summed E-state index contributed by atoms with van der Waals surface area (Å²) < 4.78 is 1.58. The van der Waals surface area contributed by atoms with Crippen LogP contribution in [0.3, 0.4) is 0 Å². The van der Waals surface area contributed by atoms with Crippen molar-refractivity contribution in [3.05, 3.63) is 70.4 Å². The maximum Gasteiger partial charge on any atom is 0.255 e. The van der Waals surface area contributed by atoms with Crippen LogP contribution in [0.1, 0.15) is 131 Å². The lowest BCUT2D eigenvalue weighted by molar-refractivity contribution is 0.0951. The normalized spacial score (nSPS) is 11.7. The lowest BCUT2D eigenvalue weighted by Crippen LogP contribution is -2.24. The van der Waals surface area contributed by atoms with E-state index in [-0.39, 0.29) is 17.2 Å². The van der Waals surface area contributed by atoms with Gasteiger partial charge in [-0.05, 0) is 42.8 Å². The van der Waals surface area contributed by atoms with Crippen molar-refractivity contribution >= 4 is 34.7 Å². The van der Waals surface area contributed by atoms with E-state index in [1.807, 2.05) is 24.3 Å². The molecular formula is C36H49ClN6O2. The number of carbonyl (C=O) groups excluding carboxylic acids is 2. The van der Waals surface area contributed by atoms with Gasteiger partial charge >= 0.3 is 0 Å². The minimum absolute atomic E-state index is 0.115. The van der Waals surface area contributed by atoms with Crippen LogP contribution in [0, 0.1) is 0 Å². The summed E-state index contributed by atoms with van der Waals surface area (Å²) in [7, 11) is 0. The Labute approximate surface area is 272 Å². The van der Waals surface area contributed by atoms with Crippen molar-refractivity contribution in [3.8, 4) is 11.4 Å². The molecule has 2 heterocycles. The van der Waals surface area contributed by atoms with Gasteiger partial charge in [-0.25, -0.2) is 4.98 Å². The van der Waals surface area contributed by atoms with Crippen LogP contribution < -0.4 is 10.6 Å². The number of aromatic amines is 1. The van der Waals surface area contributed by atoms with E-state index in [1.165, 1.54) is 64.2 Å². The molecule has 0 fully saturated rings. The maximum atomic E-state index is 13.0. The van der Waals surface area contributed by atoms with Gasteiger partial charge in [0.2, 0.25) is 0 Å². The van der Waals surface area contributed by atoms with Crippen molar-refractivity contribution in [1.82, 2.24) is 25.1 Å². The number of fused-ring (bicyclic) bond motifs is 1. The quantitative estimate of drug-likeness (QED) is 0.101. The molecule has 0 aliphatic heterocycles. The van der Waals surface area contributed by atoms with Gasteiger partial charge in [-0.3, -0.25) is 14.7 Å². The Balaban J connectivity index is 1.19. The molecule has 2 amide bonds. The van der Waals surface area contributed by atoms with Crippen molar-refractivity contribution in [3.63, 3.8) is 0 Å². The zero-order chi connectivity index (χ0) is 32.2. The van der Waals surface area contributed by atoms with Crippen molar-refractivity contribution < 1.29 is 9.59 Å². The lowest BCUT2D eigenvalue weighted by Gasteiger charge is -2.16. The predicted molar refractivity (Wildman–Crippen MR) is 184 cm³/mol. The molecule has 0 saturated heterocycles. The van der Waals surface area contributed by atoms with Gasteiger partial charge < -0.3 is 10.6 Å². The maximum absolute atomic E-state index is 13.0. The van der Waals surface area contributed by atoms with Crippen molar-refractivity contribution in [2.24, 2.45) is 0 Å². The number of carbonyl (C=O) groups is 2. The molecule has 0 radical (unpaired) electrons. The number of aromatic nitrogens is 4. The smallest absolute Gasteiger partial charge is 0.255 e. The number of hydrogen-bond acceptors (Lipinski definition) is 4. The minimum atomic E-state index is -0.265. The first kappa shape index (κ1) is 34.2.